The summed E-state index contributed by atoms with van der Waals surface area (Å²) in [4.78, 5) is 2.28. The molecule has 1 aromatic rings. The molecule has 0 bridgehead atoms. The largest absolute Gasteiger partial charge is 0.364 e. The molecule has 0 radical (unpaired) electrons. The summed E-state index contributed by atoms with van der Waals surface area (Å²) in [5.41, 5.74) is 2.54. The Hall–Kier alpha value is -1.06. The van der Waals surface area contributed by atoms with E-state index >= 15 is 0 Å². The summed E-state index contributed by atoms with van der Waals surface area (Å²) in [6, 6.07) is 6.79. The lowest BCUT2D eigenvalue weighted by Crippen LogP contribution is -2.27. The predicted molar refractivity (Wildman–Crippen MR) is 93.5 cm³/mol. The van der Waals surface area contributed by atoms with Crippen molar-refractivity contribution in [2.75, 3.05) is 24.5 Å². The van der Waals surface area contributed by atoms with E-state index < -0.39 is 0 Å². The summed E-state index contributed by atoms with van der Waals surface area (Å²) in [6.07, 6.45) is 5.00. The zero-order valence-corrected chi connectivity index (χ0v) is 14.1. The monoisotopic (exact) mass is 336 g/mol. The van der Waals surface area contributed by atoms with Crippen LogP contribution >= 0.6 is 15.9 Å². The smallest absolute Gasteiger partial charge is 0.0431 e. The zero-order valence-electron chi connectivity index (χ0n) is 12.5. The van der Waals surface area contributed by atoms with Gasteiger partial charge in [0.05, 0.1) is 0 Å². The van der Waals surface area contributed by atoms with Crippen LogP contribution in [0.1, 0.15) is 31.9 Å². The molecule has 0 amide bonds. The molecule has 0 fully saturated rings. The summed E-state index contributed by atoms with van der Waals surface area (Å²) >= 11 is 3.57. The van der Waals surface area contributed by atoms with Crippen LogP contribution in [0, 0.1) is 0 Å². The molecule has 110 valence electrons. The average Bonchev–Trinajstić information content (AvgIpc) is 2.44. The number of rotatable bonds is 9. The van der Waals surface area contributed by atoms with Gasteiger partial charge in [0.2, 0.25) is 0 Å². The topological polar surface area (TPSA) is 15.3 Å². The molecular weight excluding hydrogens is 312 g/mol. The SMILES string of the molecule is C=CCN(CC=C)c1cc(Br)ccc1C(C)NCCC. The van der Waals surface area contributed by atoms with Crippen molar-refractivity contribution < 1.29 is 0 Å². The fraction of sp³-hybridized carbons (Fsp3) is 0.412. The van der Waals surface area contributed by atoms with Gasteiger partial charge in [-0.3, -0.25) is 0 Å². The Labute approximate surface area is 131 Å². The molecule has 0 spiro atoms. The van der Waals surface area contributed by atoms with Crippen molar-refractivity contribution in [3.63, 3.8) is 0 Å². The Morgan fingerprint density at radius 3 is 2.50 bits per heavy atom. The third-order valence-electron chi connectivity index (χ3n) is 3.20. The molecule has 1 atom stereocenters. The molecule has 0 aliphatic carbocycles. The van der Waals surface area contributed by atoms with E-state index in [0.29, 0.717) is 6.04 Å². The van der Waals surface area contributed by atoms with Gasteiger partial charge < -0.3 is 10.2 Å². The number of anilines is 1. The van der Waals surface area contributed by atoms with E-state index in [9.17, 15) is 0 Å². The molecule has 0 saturated heterocycles. The first-order chi connectivity index (χ1) is 9.63. The fourth-order valence-corrected chi connectivity index (χ4v) is 2.56. The summed E-state index contributed by atoms with van der Waals surface area (Å²) in [5.74, 6) is 0. The molecule has 1 unspecified atom stereocenters. The first-order valence-electron chi connectivity index (χ1n) is 7.13. The zero-order chi connectivity index (χ0) is 15.0. The van der Waals surface area contributed by atoms with Gasteiger partial charge in [0.1, 0.15) is 0 Å². The average molecular weight is 337 g/mol. The Morgan fingerprint density at radius 1 is 1.30 bits per heavy atom. The minimum absolute atomic E-state index is 0.329. The van der Waals surface area contributed by atoms with Crippen molar-refractivity contribution in [2.45, 2.75) is 26.3 Å². The number of hydrogen-bond donors (Lipinski definition) is 1. The fourth-order valence-electron chi connectivity index (χ4n) is 2.21. The Balaban J connectivity index is 3.09. The van der Waals surface area contributed by atoms with Crippen molar-refractivity contribution in [3.05, 3.63) is 53.5 Å². The highest BCUT2D eigenvalue weighted by Crippen LogP contribution is 2.30. The number of benzene rings is 1. The first kappa shape index (κ1) is 17.0. The predicted octanol–water partition coefficient (Wildman–Crippen LogP) is 4.69. The van der Waals surface area contributed by atoms with Crippen molar-refractivity contribution in [2.24, 2.45) is 0 Å². The van der Waals surface area contributed by atoms with Gasteiger partial charge >= 0.3 is 0 Å². The Bertz CT molecular complexity index is 433. The molecular formula is C17H25BrN2. The third kappa shape index (κ3) is 4.80. The second-order valence-corrected chi connectivity index (χ2v) is 5.78. The van der Waals surface area contributed by atoms with Crippen LogP contribution in [0.3, 0.4) is 0 Å². The Kier molecular flexibility index (Phi) is 7.63. The molecule has 3 heteroatoms. The van der Waals surface area contributed by atoms with Gasteiger partial charge in [0.25, 0.3) is 0 Å². The van der Waals surface area contributed by atoms with E-state index in [-0.39, 0.29) is 0 Å². The Morgan fingerprint density at radius 2 is 1.95 bits per heavy atom. The van der Waals surface area contributed by atoms with Crippen LogP contribution in [0.25, 0.3) is 0 Å². The summed E-state index contributed by atoms with van der Waals surface area (Å²) in [5, 5.41) is 3.55. The van der Waals surface area contributed by atoms with Crippen LogP contribution in [0.4, 0.5) is 5.69 Å². The molecule has 1 rings (SSSR count). The third-order valence-corrected chi connectivity index (χ3v) is 3.69. The molecule has 0 aromatic heterocycles. The number of nitrogens with zero attached hydrogens (tertiary/aromatic N) is 1. The van der Waals surface area contributed by atoms with Gasteiger partial charge in [-0.15, -0.1) is 13.2 Å². The molecule has 0 saturated carbocycles. The van der Waals surface area contributed by atoms with Gasteiger partial charge in [-0.25, -0.2) is 0 Å². The van der Waals surface area contributed by atoms with E-state index in [1.807, 2.05) is 12.2 Å². The van der Waals surface area contributed by atoms with E-state index in [1.54, 1.807) is 0 Å². The van der Waals surface area contributed by atoms with E-state index in [4.69, 9.17) is 0 Å². The lowest BCUT2D eigenvalue weighted by molar-refractivity contribution is 0.570. The van der Waals surface area contributed by atoms with Crippen LogP contribution in [-0.4, -0.2) is 19.6 Å². The standard InChI is InChI=1S/C17H25BrN2/c1-5-10-19-14(4)16-9-8-15(18)13-17(16)20(11-6-2)12-7-3/h6-9,13-14,19H,2-3,5,10-12H2,1,4H3. The van der Waals surface area contributed by atoms with Gasteiger partial charge in [0, 0.05) is 29.3 Å². The van der Waals surface area contributed by atoms with Crippen LogP contribution in [0.2, 0.25) is 0 Å². The van der Waals surface area contributed by atoms with E-state index in [2.05, 4.69) is 71.4 Å². The first-order valence-corrected chi connectivity index (χ1v) is 7.92. The molecule has 1 N–H and O–H groups in total. The van der Waals surface area contributed by atoms with Crippen molar-refractivity contribution >= 4 is 21.6 Å². The maximum Gasteiger partial charge on any atom is 0.0431 e. The van der Waals surface area contributed by atoms with Crippen LogP contribution in [0.5, 0.6) is 0 Å². The summed E-state index contributed by atoms with van der Waals surface area (Å²) in [7, 11) is 0. The lowest BCUT2D eigenvalue weighted by atomic mass is 10.0. The maximum absolute atomic E-state index is 3.85. The van der Waals surface area contributed by atoms with Gasteiger partial charge in [-0.2, -0.15) is 0 Å². The van der Waals surface area contributed by atoms with Crippen LogP contribution < -0.4 is 10.2 Å². The van der Waals surface area contributed by atoms with E-state index in [0.717, 1.165) is 30.5 Å². The minimum Gasteiger partial charge on any atom is -0.364 e. The summed E-state index contributed by atoms with van der Waals surface area (Å²) in [6.45, 7) is 14.8. The van der Waals surface area contributed by atoms with E-state index in [1.165, 1.54) is 11.3 Å². The highest BCUT2D eigenvalue weighted by atomic mass is 79.9. The van der Waals surface area contributed by atoms with Crippen molar-refractivity contribution in [3.8, 4) is 0 Å². The van der Waals surface area contributed by atoms with Gasteiger partial charge in [0.15, 0.2) is 0 Å². The highest BCUT2D eigenvalue weighted by molar-refractivity contribution is 9.10. The van der Waals surface area contributed by atoms with Gasteiger partial charge in [-0.05, 0) is 37.6 Å². The summed E-state index contributed by atoms with van der Waals surface area (Å²) < 4.78 is 1.09. The molecule has 2 nitrogen and oxygen atoms in total. The van der Waals surface area contributed by atoms with Gasteiger partial charge in [-0.1, -0.05) is 41.1 Å². The normalized spacial score (nSPS) is 11.9. The number of nitrogens with one attached hydrogen (secondary N) is 1. The van der Waals surface area contributed by atoms with Crippen LogP contribution in [-0.2, 0) is 0 Å². The second kappa shape index (κ2) is 8.98. The second-order valence-electron chi connectivity index (χ2n) is 4.86. The minimum atomic E-state index is 0.329. The molecule has 0 aliphatic heterocycles. The molecule has 1 aromatic carbocycles. The molecule has 20 heavy (non-hydrogen) atoms. The quantitative estimate of drug-likeness (QED) is 0.658. The highest BCUT2D eigenvalue weighted by Gasteiger charge is 2.14. The molecule has 0 aliphatic rings. The number of hydrogen-bond acceptors (Lipinski definition) is 2. The van der Waals surface area contributed by atoms with Crippen molar-refractivity contribution in [1.82, 2.24) is 5.32 Å². The maximum atomic E-state index is 3.85. The lowest BCUT2D eigenvalue weighted by Gasteiger charge is -2.27. The molecule has 0 heterocycles. The van der Waals surface area contributed by atoms with Crippen LogP contribution in [0.15, 0.2) is 48.0 Å². The number of halogens is 1. The van der Waals surface area contributed by atoms with Crippen molar-refractivity contribution in [1.29, 1.82) is 0 Å².